The highest BCUT2D eigenvalue weighted by Gasteiger charge is 2.50. The van der Waals surface area contributed by atoms with E-state index in [-0.39, 0.29) is 19.7 Å². The Bertz CT molecular complexity index is 536. The topological polar surface area (TPSA) is 48.0 Å². The molecule has 2 heterocycles. The van der Waals surface area contributed by atoms with E-state index in [9.17, 15) is 9.18 Å². The lowest BCUT2D eigenvalue weighted by Gasteiger charge is -2.34. The van der Waals surface area contributed by atoms with Crippen molar-refractivity contribution < 1.29 is 23.4 Å². The van der Waals surface area contributed by atoms with Crippen molar-refractivity contribution in [2.75, 3.05) is 13.1 Å². The van der Waals surface area contributed by atoms with Crippen molar-refractivity contribution in [1.82, 2.24) is 4.90 Å². The van der Waals surface area contributed by atoms with Gasteiger partial charge in [0.05, 0.1) is 13.1 Å². The van der Waals surface area contributed by atoms with Gasteiger partial charge in [-0.25, -0.2) is 9.18 Å². The third-order valence-corrected chi connectivity index (χ3v) is 3.84. The van der Waals surface area contributed by atoms with E-state index in [2.05, 4.69) is 0 Å². The van der Waals surface area contributed by atoms with Crippen LogP contribution in [0.4, 0.5) is 9.18 Å². The number of halogens is 1. The predicted molar refractivity (Wildman–Crippen MR) is 76.9 cm³/mol. The first-order valence-electron chi connectivity index (χ1n) is 7.40. The number of rotatable bonds is 2. The van der Waals surface area contributed by atoms with E-state index >= 15 is 0 Å². The first-order valence-corrected chi connectivity index (χ1v) is 7.40. The molecule has 120 valence electrons. The average molecular weight is 309 g/mol. The van der Waals surface area contributed by atoms with E-state index in [1.807, 2.05) is 30.3 Å². The Hall–Kier alpha value is -1.66. The molecule has 2 fully saturated rings. The molecule has 6 heteroatoms. The SMILES string of the molecule is CC1(C)O[C@H]2[C@H](F)CN(C(=O)OCc3ccccc3)C[C@@H]2O1. The number of piperidine rings is 1. The summed E-state index contributed by atoms with van der Waals surface area (Å²) in [5.41, 5.74) is 0.893. The molecule has 0 aliphatic carbocycles. The standard InChI is InChI=1S/C16H20FNO4/c1-16(2)21-13-9-18(8-12(17)14(13)22-16)15(19)20-10-11-6-4-3-5-7-11/h3-7,12-14H,8-10H2,1-2H3/t12-,13+,14+/m1/s1. The number of hydrogen-bond donors (Lipinski definition) is 0. The number of ether oxygens (including phenoxy) is 3. The van der Waals surface area contributed by atoms with Crippen LogP contribution >= 0.6 is 0 Å². The summed E-state index contributed by atoms with van der Waals surface area (Å²) < 4.78 is 30.6. The van der Waals surface area contributed by atoms with E-state index < -0.39 is 30.3 Å². The number of amides is 1. The Morgan fingerprint density at radius 1 is 1.32 bits per heavy atom. The van der Waals surface area contributed by atoms with E-state index in [0.29, 0.717) is 0 Å². The fourth-order valence-electron chi connectivity index (χ4n) is 2.88. The minimum absolute atomic E-state index is 0.0335. The summed E-state index contributed by atoms with van der Waals surface area (Å²) in [7, 11) is 0. The van der Waals surface area contributed by atoms with Crippen LogP contribution in [0.25, 0.3) is 0 Å². The van der Waals surface area contributed by atoms with Gasteiger partial charge in [0, 0.05) is 0 Å². The van der Waals surface area contributed by atoms with Gasteiger partial charge < -0.3 is 19.1 Å². The third-order valence-electron chi connectivity index (χ3n) is 3.84. The molecule has 3 rings (SSSR count). The van der Waals surface area contributed by atoms with Gasteiger partial charge in [0.25, 0.3) is 0 Å². The Labute approximate surface area is 128 Å². The van der Waals surface area contributed by atoms with Crippen molar-refractivity contribution >= 4 is 6.09 Å². The van der Waals surface area contributed by atoms with Crippen LogP contribution in [-0.4, -0.2) is 48.2 Å². The Kier molecular flexibility index (Phi) is 4.06. The first-order chi connectivity index (χ1) is 10.4. The lowest BCUT2D eigenvalue weighted by molar-refractivity contribution is -0.148. The van der Waals surface area contributed by atoms with Crippen molar-refractivity contribution in [1.29, 1.82) is 0 Å². The van der Waals surface area contributed by atoms with Gasteiger partial charge in [0.15, 0.2) is 5.79 Å². The molecule has 0 aromatic heterocycles. The summed E-state index contributed by atoms with van der Waals surface area (Å²) in [5, 5.41) is 0. The second kappa shape index (κ2) is 5.85. The van der Waals surface area contributed by atoms with Crippen molar-refractivity contribution in [2.24, 2.45) is 0 Å². The molecule has 0 radical (unpaired) electrons. The molecule has 3 atom stereocenters. The zero-order chi connectivity index (χ0) is 15.7. The fourth-order valence-corrected chi connectivity index (χ4v) is 2.88. The van der Waals surface area contributed by atoms with Crippen LogP contribution in [0, 0.1) is 0 Å². The summed E-state index contributed by atoms with van der Waals surface area (Å²) in [4.78, 5) is 13.5. The van der Waals surface area contributed by atoms with Crippen LogP contribution in [0.1, 0.15) is 19.4 Å². The summed E-state index contributed by atoms with van der Waals surface area (Å²) in [6.45, 7) is 3.91. The van der Waals surface area contributed by atoms with Crippen LogP contribution in [-0.2, 0) is 20.8 Å². The van der Waals surface area contributed by atoms with Gasteiger partial charge in [-0.3, -0.25) is 0 Å². The van der Waals surface area contributed by atoms with E-state index in [1.54, 1.807) is 13.8 Å². The highest BCUT2D eigenvalue weighted by atomic mass is 19.1. The highest BCUT2D eigenvalue weighted by Crippen LogP contribution is 2.34. The summed E-state index contributed by atoms with van der Waals surface area (Å²) in [5.74, 6) is -0.816. The number of nitrogens with zero attached hydrogens (tertiary/aromatic N) is 1. The van der Waals surface area contributed by atoms with Gasteiger partial charge >= 0.3 is 6.09 Å². The molecule has 1 aromatic rings. The molecule has 1 aromatic carbocycles. The van der Waals surface area contributed by atoms with Crippen molar-refractivity contribution in [3.63, 3.8) is 0 Å². The lowest BCUT2D eigenvalue weighted by Crippen LogP contribution is -2.54. The number of fused-ring (bicyclic) bond motifs is 1. The van der Waals surface area contributed by atoms with Crippen LogP contribution in [0.2, 0.25) is 0 Å². The molecule has 0 saturated carbocycles. The lowest BCUT2D eigenvalue weighted by atomic mass is 10.0. The maximum atomic E-state index is 14.2. The first kappa shape index (κ1) is 15.2. The second-order valence-corrected chi connectivity index (χ2v) is 6.10. The largest absolute Gasteiger partial charge is 0.445 e. The quantitative estimate of drug-likeness (QED) is 0.842. The van der Waals surface area contributed by atoms with Gasteiger partial charge in [0.2, 0.25) is 0 Å². The summed E-state index contributed by atoms with van der Waals surface area (Å²) >= 11 is 0. The van der Waals surface area contributed by atoms with Crippen LogP contribution in [0.3, 0.4) is 0 Å². The molecule has 0 spiro atoms. The van der Waals surface area contributed by atoms with E-state index in [0.717, 1.165) is 5.56 Å². The van der Waals surface area contributed by atoms with Crippen molar-refractivity contribution in [3.05, 3.63) is 35.9 Å². The maximum absolute atomic E-state index is 14.2. The zero-order valence-electron chi connectivity index (χ0n) is 12.7. The minimum atomic E-state index is -1.27. The zero-order valence-corrected chi connectivity index (χ0v) is 12.7. The van der Waals surface area contributed by atoms with Crippen LogP contribution in [0.5, 0.6) is 0 Å². The fraction of sp³-hybridized carbons (Fsp3) is 0.562. The van der Waals surface area contributed by atoms with E-state index in [1.165, 1.54) is 4.90 Å². The molecule has 5 nitrogen and oxygen atoms in total. The number of carbonyl (C=O) groups is 1. The average Bonchev–Trinajstić information content (AvgIpc) is 2.80. The molecule has 2 aliphatic rings. The molecule has 0 unspecified atom stereocenters. The molecule has 22 heavy (non-hydrogen) atoms. The van der Waals surface area contributed by atoms with Crippen LogP contribution < -0.4 is 0 Å². The number of alkyl halides is 1. The number of benzene rings is 1. The van der Waals surface area contributed by atoms with Gasteiger partial charge in [-0.2, -0.15) is 0 Å². The monoisotopic (exact) mass is 309 g/mol. The Morgan fingerprint density at radius 3 is 2.77 bits per heavy atom. The van der Waals surface area contributed by atoms with E-state index in [4.69, 9.17) is 14.2 Å². The van der Waals surface area contributed by atoms with Crippen molar-refractivity contribution in [2.45, 2.75) is 44.6 Å². The number of likely N-dealkylation sites (tertiary alicyclic amines) is 1. The Morgan fingerprint density at radius 2 is 2.05 bits per heavy atom. The molecule has 0 N–H and O–H groups in total. The second-order valence-electron chi connectivity index (χ2n) is 6.10. The number of carbonyl (C=O) groups excluding carboxylic acids is 1. The smallest absolute Gasteiger partial charge is 0.410 e. The molecule has 2 aliphatic heterocycles. The molecular weight excluding hydrogens is 289 g/mol. The molecule has 2 saturated heterocycles. The highest BCUT2D eigenvalue weighted by molar-refractivity contribution is 5.68. The molecule has 0 bridgehead atoms. The third kappa shape index (κ3) is 3.23. The normalized spacial score (nSPS) is 30.0. The summed E-state index contributed by atoms with van der Waals surface area (Å²) in [6, 6.07) is 9.38. The molecular formula is C16H20FNO4. The summed E-state index contributed by atoms with van der Waals surface area (Å²) in [6.07, 6.45) is -2.88. The van der Waals surface area contributed by atoms with Gasteiger partial charge in [-0.05, 0) is 19.4 Å². The maximum Gasteiger partial charge on any atom is 0.410 e. The van der Waals surface area contributed by atoms with Gasteiger partial charge in [-0.1, -0.05) is 30.3 Å². The Balaban J connectivity index is 1.58. The minimum Gasteiger partial charge on any atom is -0.445 e. The van der Waals surface area contributed by atoms with Crippen LogP contribution in [0.15, 0.2) is 30.3 Å². The van der Waals surface area contributed by atoms with Gasteiger partial charge in [-0.15, -0.1) is 0 Å². The number of hydrogen-bond acceptors (Lipinski definition) is 4. The van der Waals surface area contributed by atoms with Gasteiger partial charge in [0.1, 0.15) is 25.0 Å². The van der Waals surface area contributed by atoms with Crippen molar-refractivity contribution in [3.8, 4) is 0 Å². The predicted octanol–water partition coefficient (Wildman–Crippen LogP) is 2.50. The molecule has 1 amide bonds.